The van der Waals surface area contributed by atoms with Crippen molar-refractivity contribution < 1.29 is 22.7 Å². The zero-order chi connectivity index (χ0) is 22.7. The van der Waals surface area contributed by atoms with Gasteiger partial charge in [0.1, 0.15) is 11.5 Å². The Morgan fingerprint density at radius 2 is 1.88 bits per heavy atom. The van der Waals surface area contributed by atoms with Gasteiger partial charge in [0.15, 0.2) is 6.10 Å². The summed E-state index contributed by atoms with van der Waals surface area (Å²) in [4.78, 5) is 13.0. The smallest absolute Gasteiger partial charge is 0.264 e. The average Bonchev–Trinajstić information content (AvgIpc) is 2.82. The first-order chi connectivity index (χ1) is 15.4. The van der Waals surface area contributed by atoms with Crippen LogP contribution < -0.4 is 19.1 Å². The van der Waals surface area contributed by atoms with Crippen molar-refractivity contribution in [1.29, 1.82) is 0 Å². The van der Waals surface area contributed by atoms with E-state index in [1.165, 1.54) is 48.9 Å². The number of carbonyl (C=O) groups excluding carboxylic acids is 1. The summed E-state index contributed by atoms with van der Waals surface area (Å²) in [6.45, 7) is 0.440. The number of nitrogens with zero attached hydrogens (tertiary/aromatic N) is 1. The lowest BCUT2D eigenvalue weighted by Gasteiger charge is -2.35. The highest BCUT2D eigenvalue weighted by molar-refractivity contribution is 7.92. The summed E-state index contributed by atoms with van der Waals surface area (Å²) in [6.07, 6.45) is 4.86. The van der Waals surface area contributed by atoms with Crippen molar-refractivity contribution in [3.05, 3.63) is 47.5 Å². The molecule has 2 aliphatic rings. The Labute approximate surface area is 193 Å². The van der Waals surface area contributed by atoms with Crippen molar-refractivity contribution in [3.63, 3.8) is 0 Å². The average molecular weight is 479 g/mol. The molecule has 0 aromatic heterocycles. The minimum atomic E-state index is -3.96. The molecule has 0 saturated heterocycles. The number of rotatable bonds is 6. The van der Waals surface area contributed by atoms with Crippen LogP contribution >= 0.6 is 11.6 Å². The highest BCUT2D eigenvalue weighted by Gasteiger charge is 2.38. The summed E-state index contributed by atoms with van der Waals surface area (Å²) in [7, 11) is -2.45. The van der Waals surface area contributed by atoms with Crippen molar-refractivity contribution >= 4 is 33.2 Å². The standard InChI is InChI=1S/C23H27ClN2O5S/c1-30-18-8-10-19(11-9-18)32(28,29)26-15-22(31-21-12-7-17(24)13-20(21)26)23(27)25-14-16-5-3-2-4-6-16/h7-13,16,22H,2-6,14-15H2,1H3,(H,25,27). The van der Waals surface area contributed by atoms with Crippen LogP contribution in [0.15, 0.2) is 47.4 Å². The van der Waals surface area contributed by atoms with Crippen LogP contribution in [0.5, 0.6) is 11.5 Å². The third kappa shape index (κ3) is 4.81. The Kier molecular flexibility index (Phi) is 6.81. The van der Waals surface area contributed by atoms with E-state index in [1.54, 1.807) is 24.3 Å². The van der Waals surface area contributed by atoms with Crippen LogP contribution in [0.25, 0.3) is 0 Å². The molecule has 2 aromatic carbocycles. The fourth-order valence-electron chi connectivity index (χ4n) is 4.21. The quantitative estimate of drug-likeness (QED) is 0.678. The summed E-state index contributed by atoms with van der Waals surface area (Å²) < 4.78 is 39.2. The Balaban J connectivity index is 1.59. The van der Waals surface area contributed by atoms with Gasteiger partial charge in [0.05, 0.1) is 24.2 Å². The first-order valence-electron chi connectivity index (χ1n) is 10.8. The molecule has 4 rings (SSSR count). The van der Waals surface area contributed by atoms with Gasteiger partial charge in [-0.1, -0.05) is 30.9 Å². The zero-order valence-electron chi connectivity index (χ0n) is 17.9. The van der Waals surface area contributed by atoms with Gasteiger partial charge < -0.3 is 14.8 Å². The van der Waals surface area contributed by atoms with Crippen LogP contribution in [0, 0.1) is 5.92 Å². The number of amides is 1. The van der Waals surface area contributed by atoms with Crippen molar-refractivity contribution in [2.24, 2.45) is 5.92 Å². The molecule has 7 nitrogen and oxygen atoms in total. The van der Waals surface area contributed by atoms with Crippen LogP contribution in [0.4, 0.5) is 5.69 Å². The largest absolute Gasteiger partial charge is 0.497 e. The van der Waals surface area contributed by atoms with E-state index in [-0.39, 0.29) is 17.3 Å². The van der Waals surface area contributed by atoms with Crippen molar-refractivity contribution in [3.8, 4) is 11.5 Å². The highest BCUT2D eigenvalue weighted by Crippen LogP contribution is 2.39. The fourth-order valence-corrected chi connectivity index (χ4v) is 5.85. The van der Waals surface area contributed by atoms with Gasteiger partial charge in [-0.2, -0.15) is 0 Å². The number of ether oxygens (including phenoxy) is 2. The van der Waals surface area contributed by atoms with Crippen LogP contribution in [0.2, 0.25) is 5.02 Å². The normalized spacial score (nSPS) is 19.1. The van der Waals surface area contributed by atoms with Gasteiger partial charge >= 0.3 is 0 Å². The number of hydrogen-bond acceptors (Lipinski definition) is 5. The van der Waals surface area contributed by atoms with E-state index < -0.39 is 16.1 Å². The first kappa shape index (κ1) is 22.7. The van der Waals surface area contributed by atoms with Crippen LogP contribution in [0.1, 0.15) is 32.1 Å². The Morgan fingerprint density at radius 3 is 2.56 bits per heavy atom. The highest BCUT2D eigenvalue weighted by atomic mass is 35.5. The maximum atomic E-state index is 13.5. The number of sulfonamides is 1. The summed E-state index contributed by atoms with van der Waals surface area (Å²) >= 11 is 6.14. The summed E-state index contributed by atoms with van der Waals surface area (Å²) in [5.41, 5.74) is 0.310. The maximum Gasteiger partial charge on any atom is 0.264 e. The molecule has 0 bridgehead atoms. The lowest BCUT2D eigenvalue weighted by atomic mass is 9.89. The van der Waals surface area contributed by atoms with Gasteiger partial charge in [0.2, 0.25) is 0 Å². The predicted molar refractivity (Wildman–Crippen MR) is 123 cm³/mol. The van der Waals surface area contributed by atoms with Crippen molar-refractivity contribution in [1.82, 2.24) is 5.32 Å². The first-order valence-corrected chi connectivity index (χ1v) is 12.6. The molecular formula is C23H27ClN2O5S. The molecule has 32 heavy (non-hydrogen) atoms. The molecule has 2 aromatic rings. The summed E-state index contributed by atoms with van der Waals surface area (Å²) in [5.74, 6) is 0.998. The predicted octanol–water partition coefficient (Wildman–Crippen LogP) is 4.00. The van der Waals surface area contributed by atoms with Crippen molar-refractivity contribution in [2.75, 3.05) is 24.5 Å². The SMILES string of the molecule is COc1ccc(S(=O)(=O)N2CC(C(=O)NCC3CCCCC3)Oc3ccc(Cl)cc32)cc1. The maximum absolute atomic E-state index is 13.5. The Morgan fingerprint density at radius 1 is 1.16 bits per heavy atom. The van der Waals surface area contributed by atoms with E-state index in [0.717, 1.165) is 12.8 Å². The molecule has 1 amide bonds. The topological polar surface area (TPSA) is 84.9 Å². The molecular weight excluding hydrogens is 452 g/mol. The Hall–Kier alpha value is -2.45. The number of carbonyl (C=O) groups is 1. The third-order valence-corrected chi connectivity index (χ3v) is 8.05. The Bertz CT molecular complexity index is 1070. The van der Waals surface area contributed by atoms with Gasteiger partial charge in [0.25, 0.3) is 15.9 Å². The van der Waals surface area contributed by atoms with Crippen molar-refractivity contribution in [2.45, 2.75) is 43.1 Å². The summed E-state index contributed by atoms with van der Waals surface area (Å²) in [5, 5.41) is 3.34. The number of hydrogen-bond donors (Lipinski definition) is 1. The fraction of sp³-hybridized carbons (Fsp3) is 0.435. The van der Waals surface area contributed by atoms with E-state index in [2.05, 4.69) is 5.32 Å². The second-order valence-corrected chi connectivity index (χ2v) is 10.5. The number of fused-ring (bicyclic) bond motifs is 1. The van der Waals surface area contributed by atoms with Crippen LogP contribution in [-0.2, 0) is 14.8 Å². The molecule has 1 N–H and O–H groups in total. The van der Waals surface area contributed by atoms with Gasteiger partial charge in [-0.05, 0) is 61.2 Å². The molecule has 1 fully saturated rings. The van der Waals surface area contributed by atoms with Gasteiger partial charge in [-0.25, -0.2) is 8.42 Å². The molecule has 1 saturated carbocycles. The van der Waals surface area contributed by atoms with Gasteiger partial charge in [0, 0.05) is 11.6 Å². The summed E-state index contributed by atoms with van der Waals surface area (Å²) in [6, 6.07) is 10.9. The zero-order valence-corrected chi connectivity index (χ0v) is 19.5. The molecule has 1 aliphatic carbocycles. The number of nitrogens with one attached hydrogen (secondary N) is 1. The lowest BCUT2D eigenvalue weighted by molar-refractivity contribution is -0.128. The number of benzene rings is 2. The molecule has 1 atom stereocenters. The van der Waals surface area contributed by atoms with Crippen LogP contribution in [-0.4, -0.2) is 40.6 Å². The third-order valence-electron chi connectivity index (χ3n) is 6.02. The monoisotopic (exact) mass is 478 g/mol. The molecule has 0 spiro atoms. The van der Waals surface area contributed by atoms with E-state index >= 15 is 0 Å². The van der Waals surface area contributed by atoms with E-state index in [4.69, 9.17) is 21.1 Å². The van der Waals surface area contributed by atoms with Crippen LogP contribution in [0.3, 0.4) is 0 Å². The lowest BCUT2D eigenvalue weighted by Crippen LogP contribution is -2.51. The molecule has 1 heterocycles. The number of halogens is 1. The van der Waals surface area contributed by atoms with E-state index in [1.807, 2.05) is 0 Å². The molecule has 1 unspecified atom stereocenters. The van der Waals surface area contributed by atoms with Gasteiger partial charge in [-0.15, -0.1) is 0 Å². The molecule has 0 radical (unpaired) electrons. The second-order valence-electron chi connectivity index (χ2n) is 8.18. The minimum Gasteiger partial charge on any atom is -0.497 e. The number of methoxy groups -OCH3 is 1. The molecule has 172 valence electrons. The second kappa shape index (κ2) is 9.58. The van der Waals surface area contributed by atoms with Gasteiger partial charge in [-0.3, -0.25) is 9.10 Å². The molecule has 9 heteroatoms. The van der Waals surface area contributed by atoms with E-state index in [9.17, 15) is 13.2 Å². The minimum absolute atomic E-state index is 0.0903. The number of anilines is 1. The van der Waals surface area contributed by atoms with E-state index in [0.29, 0.717) is 34.7 Å². The molecule has 1 aliphatic heterocycles.